The first-order chi connectivity index (χ1) is 13.4. The number of carbonyl (C=O) groups is 2. The molecule has 0 unspecified atom stereocenters. The monoisotopic (exact) mass is 397 g/mol. The second-order valence-electron chi connectivity index (χ2n) is 6.61. The molecule has 0 aliphatic carbocycles. The average molecular weight is 398 g/mol. The predicted molar refractivity (Wildman–Crippen MR) is 110 cm³/mol. The van der Waals surface area contributed by atoms with E-state index in [2.05, 4.69) is 15.0 Å². The molecule has 6 nitrogen and oxygen atoms in total. The number of nitrogens with zero attached hydrogens (tertiary/aromatic N) is 2. The van der Waals surface area contributed by atoms with E-state index in [1.165, 1.54) is 11.8 Å². The smallest absolute Gasteiger partial charge is 0.306 e. The Kier molecular flexibility index (Phi) is 6.14. The Bertz CT molecular complexity index is 1020. The number of fused-ring (bicyclic) bond motifs is 1. The highest BCUT2D eigenvalue weighted by Crippen LogP contribution is 2.22. The fourth-order valence-electron chi connectivity index (χ4n) is 3.32. The van der Waals surface area contributed by atoms with Crippen LogP contribution in [0.3, 0.4) is 0 Å². The summed E-state index contributed by atoms with van der Waals surface area (Å²) in [7, 11) is 0. The summed E-state index contributed by atoms with van der Waals surface area (Å²) in [5, 5.41) is 1.57. The molecule has 7 heteroatoms. The summed E-state index contributed by atoms with van der Waals surface area (Å²) in [6, 6.07) is 7.59. The van der Waals surface area contributed by atoms with E-state index in [4.69, 9.17) is 4.74 Å². The van der Waals surface area contributed by atoms with Crippen LogP contribution in [0.15, 0.2) is 29.4 Å². The van der Waals surface area contributed by atoms with Crippen molar-refractivity contribution in [2.75, 3.05) is 12.9 Å². The van der Waals surface area contributed by atoms with E-state index in [1.807, 2.05) is 51.3 Å². The van der Waals surface area contributed by atoms with E-state index in [-0.39, 0.29) is 18.8 Å². The van der Waals surface area contributed by atoms with Crippen molar-refractivity contribution in [3.63, 3.8) is 0 Å². The molecule has 0 saturated heterocycles. The van der Waals surface area contributed by atoms with Gasteiger partial charge in [-0.1, -0.05) is 30.0 Å². The number of thioether (sulfide) groups is 1. The van der Waals surface area contributed by atoms with Crippen LogP contribution in [0.2, 0.25) is 0 Å². The number of H-pyrrole nitrogens is 1. The maximum atomic E-state index is 12.6. The summed E-state index contributed by atoms with van der Waals surface area (Å²) >= 11 is 1.49. The fourth-order valence-corrected chi connectivity index (χ4v) is 3.77. The van der Waals surface area contributed by atoms with Gasteiger partial charge in [-0.15, -0.1) is 0 Å². The highest BCUT2D eigenvalue weighted by Gasteiger charge is 2.18. The molecule has 0 fully saturated rings. The summed E-state index contributed by atoms with van der Waals surface area (Å²) < 4.78 is 5.23. The summed E-state index contributed by atoms with van der Waals surface area (Å²) in [6.45, 7) is 5.41. The number of ether oxygens (including phenoxy) is 1. The van der Waals surface area contributed by atoms with Gasteiger partial charge >= 0.3 is 5.97 Å². The van der Waals surface area contributed by atoms with Gasteiger partial charge in [0.2, 0.25) is 5.78 Å². The van der Waals surface area contributed by atoms with Crippen molar-refractivity contribution in [3.8, 4) is 0 Å². The number of Topliss-reactive ketones (excluding diaryl/α,β-unsaturated/α-hetero) is 1. The summed E-state index contributed by atoms with van der Waals surface area (Å²) in [6.07, 6.45) is 2.60. The van der Waals surface area contributed by atoms with Crippen LogP contribution in [-0.2, 0) is 16.0 Å². The summed E-state index contributed by atoms with van der Waals surface area (Å²) in [4.78, 5) is 36.8. The molecule has 2 heterocycles. The molecule has 0 saturated carbocycles. The number of aryl methyl sites for hydroxylation is 3. The molecule has 2 aromatic heterocycles. The third kappa shape index (κ3) is 4.25. The molecule has 0 aliphatic rings. The molecule has 0 atom stereocenters. The number of rotatable bonds is 7. The number of aromatic amines is 1. The average Bonchev–Trinajstić information content (AvgIpc) is 3.01. The Labute approximate surface area is 168 Å². The van der Waals surface area contributed by atoms with Crippen molar-refractivity contribution >= 4 is 34.4 Å². The lowest BCUT2D eigenvalue weighted by Crippen LogP contribution is -2.15. The number of carbonyl (C=O) groups excluding carboxylic acids is 2. The number of esters is 1. The van der Waals surface area contributed by atoms with Gasteiger partial charge in [-0.3, -0.25) is 9.59 Å². The largest absolute Gasteiger partial charge is 0.457 e. The second-order valence-corrected chi connectivity index (χ2v) is 7.39. The lowest BCUT2D eigenvalue weighted by Gasteiger charge is -2.10. The molecule has 28 heavy (non-hydrogen) atoms. The SMILES string of the molecule is CSc1nc(C)c(CCC(=O)OCC(=O)c2c(C)[nH]c3ccccc23)c(C)n1. The van der Waals surface area contributed by atoms with Gasteiger partial charge in [-0.05, 0) is 45.1 Å². The molecule has 1 N–H and O–H groups in total. The minimum atomic E-state index is -0.404. The predicted octanol–water partition coefficient (Wildman–Crippen LogP) is 3.96. The van der Waals surface area contributed by atoms with Gasteiger partial charge in [0.1, 0.15) is 0 Å². The van der Waals surface area contributed by atoms with Crippen LogP contribution in [-0.4, -0.2) is 39.6 Å². The minimum absolute atomic E-state index is 0.184. The number of benzene rings is 1. The molecule has 0 spiro atoms. The molecule has 0 bridgehead atoms. The summed E-state index contributed by atoms with van der Waals surface area (Å²) in [5.74, 6) is -0.609. The van der Waals surface area contributed by atoms with Crippen LogP contribution < -0.4 is 0 Å². The van der Waals surface area contributed by atoms with Crippen molar-refractivity contribution in [3.05, 3.63) is 52.5 Å². The van der Waals surface area contributed by atoms with Crippen LogP contribution >= 0.6 is 11.8 Å². The Morgan fingerprint density at radius 3 is 2.46 bits per heavy atom. The zero-order valence-corrected chi connectivity index (χ0v) is 17.3. The van der Waals surface area contributed by atoms with Crippen molar-refractivity contribution in [2.24, 2.45) is 0 Å². The quantitative estimate of drug-likeness (QED) is 0.281. The number of hydrogen-bond donors (Lipinski definition) is 1. The Morgan fingerprint density at radius 1 is 1.11 bits per heavy atom. The van der Waals surface area contributed by atoms with Crippen LogP contribution in [0.4, 0.5) is 0 Å². The third-order valence-corrected chi connectivity index (χ3v) is 5.25. The van der Waals surface area contributed by atoms with Crippen molar-refractivity contribution in [1.29, 1.82) is 0 Å². The molecule has 3 rings (SSSR count). The lowest BCUT2D eigenvalue weighted by molar-refractivity contribution is -0.142. The first kappa shape index (κ1) is 20.1. The fraction of sp³-hybridized carbons (Fsp3) is 0.333. The minimum Gasteiger partial charge on any atom is -0.457 e. The second kappa shape index (κ2) is 8.56. The maximum absolute atomic E-state index is 12.6. The van der Waals surface area contributed by atoms with Gasteiger partial charge in [0.05, 0.1) is 0 Å². The summed E-state index contributed by atoms with van der Waals surface area (Å²) in [5.41, 5.74) is 4.95. The van der Waals surface area contributed by atoms with Gasteiger partial charge in [0.25, 0.3) is 0 Å². The van der Waals surface area contributed by atoms with Crippen molar-refractivity contribution < 1.29 is 14.3 Å². The number of nitrogens with one attached hydrogen (secondary N) is 1. The van der Waals surface area contributed by atoms with E-state index in [0.29, 0.717) is 12.0 Å². The van der Waals surface area contributed by atoms with Crippen molar-refractivity contribution in [2.45, 2.75) is 38.8 Å². The molecule has 0 radical (unpaired) electrons. The van der Waals surface area contributed by atoms with Crippen LogP contribution in [0.25, 0.3) is 10.9 Å². The molecular weight excluding hydrogens is 374 g/mol. The maximum Gasteiger partial charge on any atom is 0.306 e. The first-order valence-corrected chi connectivity index (χ1v) is 10.3. The van der Waals surface area contributed by atoms with E-state index in [0.717, 1.165) is 38.7 Å². The third-order valence-electron chi connectivity index (χ3n) is 4.70. The number of aromatic nitrogens is 3. The van der Waals surface area contributed by atoms with Gasteiger partial charge in [0.15, 0.2) is 11.8 Å². The Morgan fingerprint density at radius 2 is 1.79 bits per heavy atom. The van der Waals surface area contributed by atoms with Gasteiger partial charge < -0.3 is 9.72 Å². The van der Waals surface area contributed by atoms with E-state index in [9.17, 15) is 9.59 Å². The zero-order valence-electron chi connectivity index (χ0n) is 16.5. The highest BCUT2D eigenvalue weighted by atomic mass is 32.2. The van der Waals surface area contributed by atoms with E-state index < -0.39 is 5.97 Å². The molecular formula is C21H23N3O3S. The normalized spacial score (nSPS) is 11.0. The van der Waals surface area contributed by atoms with Crippen LogP contribution in [0, 0.1) is 20.8 Å². The van der Waals surface area contributed by atoms with Gasteiger partial charge in [-0.25, -0.2) is 9.97 Å². The zero-order chi connectivity index (χ0) is 20.3. The lowest BCUT2D eigenvalue weighted by atomic mass is 10.1. The standard InChI is InChI=1S/C21H23N3O3S/c1-12-15(13(2)24-21(23-12)28-4)9-10-19(26)27-11-18(25)20-14(3)22-17-8-6-5-7-16(17)20/h5-8,22H,9-11H2,1-4H3. The highest BCUT2D eigenvalue weighted by molar-refractivity contribution is 7.98. The molecule has 0 amide bonds. The first-order valence-electron chi connectivity index (χ1n) is 9.05. The molecule has 0 aliphatic heterocycles. The van der Waals surface area contributed by atoms with E-state index in [1.54, 1.807) is 0 Å². The molecule has 3 aromatic rings. The van der Waals surface area contributed by atoms with Crippen molar-refractivity contribution in [1.82, 2.24) is 15.0 Å². The Hall–Kier alpha value is -2.67. The van der Waals surface area contributed by atoms with Gasteiger partial charge in [0, 0.05) is 40.0 Å². The topological polar surface area (TPSA) is 84.9 Å². The Balaban J connectivity index is 1.60. The van der Waals surface area contributed by atoms with E-state index >= 15 is 0 Å². The number of ketones is 1. The molecule has 1 aromatic carbocycles. The molecule has 146 valence electrons. The van der Waals surface area contributed by atoms with Crippen LogP contribution in [0.5, 0.6) is 0 Å². The van der Waals surface area contributed by atoms with Gasteiger partial charge in [-0.2, -0.15) is 0 Å². The number of para-hydroxylation sites is 1. The van der Waals surface area contributed by atoms with Crippen LogP contribution in [0.1, 0.15) is 39.4 Å². The number of hydrogen-bond acceptors (Lipinski definition) is 6.